The average Bonchev–Trinajstić information content (AvgIpc) is 2.66. The number of amides is 1. The smallest absolute Gasteiger partial charge is 0.226 e. The van der Waals surface area contributed by atoms with Crippen molar-refractivity contribution >= 4 is 18.3 Å². The van der Waals surface area contributed by atoms with Crippen molar-refractivity contribution in [3.63, 3.8) is 0 Å². The molecule has 0 aromatic heterocycles. The summed E-state index contributed by atoms with van der Waals surface area (Å²) in [6, 6.07) is 17.5. The molecule has 2 N–H and O–H groups in total. The van der Waals surface area contributed by atoms with Crippen molar-refractivity contribution in [1.29, 1.82) is 0 Å². The van der Waals surface area contributed by atoms with Gasteiger partial charge in [-0.05, 0) is 29.8 Å². The summed E-state index contributed by atoms with van der Waals surface area (Å²) >= 11 is 0. The molecule has 2 aromatic carbocycles. The fourth-order valence-electron chi connectivity index (χ4n) is 2.26. The minimum atomic E-state index is -0.161. The van der Waals surface area contributed by atoms with Crippen LogP contribution in [0.25, 0.3) is 0 Å². The third kappa shape index (κ3) is 6.94. The third-order valence-electron chi connectivity index (χ3n) is 3.92. The number of rotatable bonds is 9. The van der Waals surface area contributed by atoms with E-state index >= 15 is 0 Å². The minimum absolute atomic E-state index is 0. The van der Waals surface area contributed by atoms with E-state index < -0.39 is 0 Å². The van der Waals surface area contributed by atoms with Gasteiger partial charge in [0.2, 0.25) is 5.91 Å². The van der Waals surface area contributed by atoms with Gasteiger partial charge in [0.05, 0.1) is 6.54 Å². The van der Waals surface area contributed by atoms with Gasteiger partial charge in [0.1, 0.15) is 24.7 Å². The van der Waals surface area contributed by atoms with E-state index in [4.69, 9.17) is 15.2 Å². The first-order chi connectivity index (χ1) is 12.1. The second kappa shape index (κ2) is 11.4. The van der Waals surface area contributed by atoms with Gasteiger partial charge in [-0.3, -0.25) is 4.79 Å². The van der Waals surface area contributed by atoms with Gasteiger partial charge in [-0.15, -0.1) is 12.4 Å². The maximum absolute atomic E-state index is 11.9. The van der Waals surface area contributed by atoms with E-state index in [-0.39, 0.29) is 24.2 Å². The Morgan fingerprint density at radius 1 is 1.04 bits per heavy atom. The molecule has 2 rings (SSSR count). The summed E-state index contributed by atoms with van der Waals surface area (Å²) < 4.78 is 11.4. The van der Waals surface area contributed by atoms with Crippen molar-refractivity contribution in [3.8, 4) is 11.5 Å². The van der Waals surface area contributed by atoms with Crippen molar-refractivity contribution in [2.24, 2.45) is 11.7 Å². The molecule has 0 aliphatic heterocycles. The summed E-state index contributed by atoms with van der Waals surface area (Å²) in [6.45, 7) is 3.68. The van der Waals surface area contributed by atoms with Crippen LogP contribution in [0.2, 0.25) is 0 Å². The van der Waals surface area contributed by atoms with Gasteiger partial charge >= 0.3 is 0 Å². The SMILES string of the molecule is CC(CN)C(=O)N(C)CCOc1ccc(OCc2ccccc2)cc1.Cl. The highest BCUT2D eigenvalue weighted by Gasteiger charge is 2.15. The number of benzene rings is 2. The maximum Gasteiger partial charge on any atom is 0.226 e. The van der Waals surface area contributed by atoms with Crippen LogP contribution in [0.4, 0.5) is 0 Å². The highest BCUT2D eigenvalue weighted by molar-refractivity contribution is 5.85. The molecule has 1 unspecified atom stereocenters. The van der Waals surface area contributed by atoms with Crippen molar-refractivity contribution < 1.29 is 14.3 Å². The molecule has 0 bridgehead atoms. The molecular weight excluding hydrogens is 352 g/mol. The van der Waals surface area contributed by atoms with Gasteiger partial charge in [0.25, 0.3) is 0 Å². The van der Waals surface area contributed by atoms with Gasteiger partial charge in [0.15, 0.2) is 0 Å². The first kappa shape index (κ1) is 21.8. The predicted octanol–water partition coefficient (Wildman–Crippen LogP) is 3.12. The maximum atomic E-state index is 11.9. The molecule has 26 heavy (non-hydrogen) atoms. The highest BCUT2D eigenvalue weighted by atomic mass is 35.5. The predicted molar refractivity (Wildman–Crippen MR) is 106 cm³/mol. The summed E-state index contributed by atoms with van der Waals surface area (Å²) in [6.07, 6.45) is 0. The quantitative estimate of drug-likeness (QED) is 0.728. The van der Waals surface area contributed by atoms with Gasteiger partial charge in [-0.2, -0.15) is 0 Å². The summed E-state index contributed by atoms with van der Waals surface area (Å²) in [5, 5.41) is 0. The lowest BCUT2D eigenvalue weighted by molar-refractivity contribution is -0.133. The zero-order valence-electron chi connectivity index (χ0n) is 15.3. The third-order valence-corrected chi connectivity index (χ3v) is 3.92. The van der Waals surface area contributed by atoms with Crippen LogP contribution in [0, 0.1) is 5.92 Å². The van der Waals surface area contributed by atoms with Gasteiger partial charge < -0.3 is 20.1 Å². The molecule has 0 fully saturated rings. The first-order valence-corrected chi connectivity index (χ1v) is 8.44. The lowest BCUT2D eigenvalue weighted by Gasteiger charge is -2.20. The van der Waals surface area contributed by atoms with E-state index in [0.29, 0.717) is 26.3 Å². The van der Waals surface area contributed by atoms with Crippen LogP contribution < -0.4 is 15.2 Å². The second-order valence-corrected chi connectivity index (χ2v) is 5.99. The average molecular weight is 379 g/mol. The fourth-order valence-corrected chi connectivity index (χ4v) is 2.26. The van der Waals surface area contributed by atoms with Crippen LogP contribution in [-0.4, -0.2) is 37.6 Å². The Balaban J connectivity index is 0.00000338. The summed E-state index contributed by atoms with van der Waals surface area (Å²) in [7, 11) is 1.76. The molecule has 142 valence electrons. The van der Waals surface area contributed by atoms with Crippen molar-refractivity contribution in [2.45, 2.75) is 13.5 Å². The molecule has 1 amide bonds. The molecule has 0 radical (unpaired) electrons. The van der Waals surface area contributed by atoms with Crippen molar-refractivity contribution in [3.05, 3.63) is 60.2 Å². The number of nitrogens with two attached hydrogens (primary N) is 1. The van der Waals surface area contributed by atoms with Gasteiger partial charge in [0, 0.05) is 19.5 Å². The Morgan fingerprint density at radius 3 is 2.19 bits per heavy atom. The van der Waals surface area contributed by atoms with E-state index in [1.807, 2.05) is 61.5 Å². The molecule has 6 heteroatoms. The van der Waals surface area contributed by atoms with Crippen LogP contribution in [0.15, 0.2) is 54.6 Å². The Bertz CT molecular complexity index is 650. The number of hydrogen-bond acceptors (Lipinski definition) is 4. The minimum Gasteiger partial charge on any atom is -0.492 e. The molecule has 0 aliphatic carbocycles. The molecule has 0 saturated heterocycles. The zero-order valence-corrected chi connectivity index (χ0v) is 16.1. The van der Waals surface area contributed by atoms with Crippen LogP contribution >= 0.6 is 12.4 Å². The van der Waals surface area contributed by atoms with Crippen LogP contribution in [0.5, 0.6) is 11.5 Å². The number of carbonyl (C=O) groups is 1. The second-order valence-electron chi connectivity index (χ2n) is 5.99. The molecule has 0 saturated carbocycles. The van der Waals surface area contributed by atoms with Crippen LogP contribution in [0.3, 0.4) is 0 Å². The number of hydrogen-bond donors (Lipinski definition) is 1. The Hall–Kier alpha value is -2.24. The van der Waals surface area contributed by atoms with E-state index in [9.17, 15) is 4.79 Å². The largest absolute Gasteiger partial charge is 0.492 e. The summed E-state index contributed by atoms with van der Waals surface area (Å²) in [4.78, 5) is 13.6. The standard InChI is InChI=1S/C20H26N2O3.ClH/c1-16(14-21)20(23)22(2)12-13-24-18-8-10-19(11-9-18)25-15-17-6-4-3-5-7-17;/h3-11,16H,12-15,21H2,1-2H3;1H. The number of likely N-dealkylation sites (N-methyl/N-ethyl adjacent to an activating group) is 1. The Morgan fingerprint density at radius 2 is 1.62 bits per heavy atom. The number of nitrogens with zero attached hydrogens (tertiary/aromatic N) is 1. The molecule has 1 atom stereocenters. The topological polar surface area (TPSA) is 64.8 Å². The lowest BCUT2D eigenvalue weighted by atomic mass is 10.1. The molecule has 0 aliphatic rings. The molecule has 2 aromatic rings. The first-order valence-electron chi connectivity index (χ1n) is 8.44. The molecule has 0 heterocycles. The van der Waals surface area contributed by atoms with E-state index in [2.05, 4.69) is 0 Å². The summed E-state index contributed by atoms with van der Waals surface area (Å²) in [5.74, 6) is 1.42. The Labute approximate surface area is 161 Å². The zero-order chi connectivity index (χ0) is 18.1. The van der Waals surface area contributed by atoms with Crippen molar-refractivity contribution in [2.75, 3.05) is 26.7 Å². The molecule has 5 nitrogen and oxygen atoms in total. The number of halogens is 1. The van der Waals surface area contributed by atoms with Gasteiger partial charge in [-0.1, -0.05) is 37.3 Å². The van der Waals surface area contributed by atoms with E-state index in [1.165, 1.54) is 0 Å². The monoisotopic (exact) mass is 378 g/mol. The molecular formula is C20H27ClN2O3. The number of ether oxygens (including phenoxy) is 2. The van der Waals surface area contributed by atoms with E-state index in [0.717, 1.165) is 17.1 Å². The lowest BCUT2D eigenvalue weighted by Crippen LogP contribution is -2.37. The molecule has 0 spiro atoms. The van der Waals surface area contributed by atoms with Crippen LogP contribution in [0.1, 0.15) is 12.5 Å². The highest BCUT2D eigenvalue weighted by Crippen LogP contribution is 2.18. The fraction of sp³-hybridized carbons (Fsp3) is 0.350. The summed E-state index contributed by atoms with van der Waals surface area (Å²) in [5.41, 5.74) is 6.64. The van der Waals surface area contributed by atoms with Gasteiger partial charge in [-0.25, -0.2) is 0 Å². The number of carbonyl (C=O) groups excluding carboxylic acids is 1. The Kier molecular flexibility index (Phi) is 9.55. The van der Waals surface area contributed by atoms with Crippen molar-refractivity contribution in [1.82, 2.24) is 4.90 Å². The normalized spacial score (nSPS) is 11.2. The van der Waals surface area contributed by atoms with Crippen LogP contribution in [-0.2, 0) is 11.4 Å². The van der Waals surface area contributed by atoms with E-state index in [1.54, 1.807) is 11.9 Å².